The van der Waals surface area contributed by atoms with Crippen molar-refractivity contribution < 1.29 is 14.3 Å². The van der Waals surface area contributed by atoms with E-state index in [2.05, 4.69) is 15.3 Å². The summed E-state index contributed by atoms with van der Waals surface area (Å²) >= 11 is 8.80. The molecule has 1 amide bonds. The fourth-order valence-corrected chi connectivity index (χ4v) is 4.65. The highest BCUT2D eigenvalue weighted by Gasteiger charge is 2.16. The van der Waals surface area contributed by atoms with Crippen LogP contribution in [0, 0.1) is 0 Å². The number of rotatable bonds is 5. The van der Waals surface area contributed by atoms with Crippen molar-refractivity contribution in [2.45, 2.75) is 6.42 Å². The molecule has 1 aliphatic heterocycles. The molecule has 6 nitrogen and oxygen atoms in total. The van der Waals surface area contributed by atoms with Crippen LogP contribution in [0.25, 0.3) is 21.8 Å². The van der Waals surface area contributed by atoms with E-state index in [4.69, 9.17) is 21.1 Å². The number of benzene rings is 2. The van der Waals surface area contributed by atoms with Crippen LogP contribution in [0.15, 0.2) is 53.2 Å². The monoisotopic (exact) mass is 455 g/mol. The zero-order chi connectivity index (χ0) is 20.5. The Hall–Kier alpha value is -2.94. The smallest absolute Gasteiger partial charge is 0.232 e. The SMILES string of the molecule is O=C(Cc1csc(-c2ccc(Cl)cc2)n1)Nc1nc(-c2ccc3c(c2)OCO3)cs1. The molecule has 2 aromatic carbocycles. The van der Waals surface area contributed by atoms with Crippen molar-refractivity contribution in [1.82, 2.24) is 9.97 Å². The molecule has 30 heavy (non-hydrogen) atoms. The number of carbonyl (C=O) groups excluding carboxylic acids is 1. The molecule has 150 valence electrons. The summed E-state index contributed by atoms with van der Waals surface area (Å²) in [6.45, 7) is 0.230. The van der Waals surface area contributed by atoms with E-state index < -0.39 is 0 Å². The second-order valence-corrected chi connectivity index (χ2v) is 8.63. The largest absolute Gasteiger partial charge is 0.454 e. The van der Waals surface area contributed by atoms with E-state index in [1.165, 1.54) is 22.7 Å². The van der Waals surface area contributed by atoms with Gasteiger partial charge < -0.3 is 14.8 Å². The second-order valence-electron chi connectivity index (χ2n) is 6.48. The Morgan fingerprint density at radius 2 is 1.80 bits per heavy atom. The topological polar surface area (TPSA) is 73.3 Å². The van der Waals surface area contributed by atoms with E-state index in [0.29, 0.717) is 15.9 Å². The van der Waals surface area contributed by atoms with Gasteiger partial charge in [0, 0.05) is 26.9 Å². The third kappa shape index (κ3) is 4.02. The lowest BCUT2D eigenvalue weighted by Gasteiger charge is -2.01. The standard InChI is InChI=1S/C21H14ClN3O3S2/c22-14-4-1-12(2-5-14)20-23-15(9-29-20)8-19(26)25-21-24-16(10-30-21)13-3-6-17-18(7-13)28-11-27-17/h1-7,9-10H,8,11H2,(H,24,25,26). The van der Waals surface area contributed by atoms with Crippen LogP contribution in [0.4, 0.5) is 5.13 Å². The summed E-state index contributed by atoms with van der Waals surface area (Å²) in [5.41, 5.74) is 3.37. The maximum atomic E-state index is 12.4. The number of carbonyl (C=O) groups is 1. The molecule has 1 aliphatic rings. The molecular formula is C21H14ClN3O3S2. The minimum Gasteiger partial charge on any atom is -0.454 e. The van der Waals surface area contributed by atoms with Gasteiger partial charge in [-0.3, -0.25) is 4.79 Å². The van der Waals surface area contributed by atoms with Crippen molar-refractivity contribution in [3.63, 3.8) is 0 Å². The van der Waals surface area contributed by atoms with Crippen LogP contribution in [0.3, 0.4) is 0 Å². The number of halogens is 1. The average Bonchev–Trinajstić information content (AvgIpc) is 3.48. The summed E-state index contributed by atoms with van der Waals surface area (Å²) in [7, 11) is 0. The first-order chi connectivity index (χ1) is 14.6. The quantitative estimate of drug-likeness (QED) is 0.430. The molecule has 5 rings (SSSR count). The van der Waals surface area contributed by atoms with Crippen molar-refractivity contribution in [2.24, 2.45) is 0 Å². The Morgan fingerprint density at radius 3 is 2.67 bits per heavy atom. The molecule has 0 bridgehead atoms. The predicted molar refractivity (Wildman–Crippen MR) is 119 cm³/mol. The van der Waals surface area contributed by atoms with Crippen molar-refractivity contribution in [3.8, 4) is 33.3 Å². The maximum absolute atomic E-state index is 12.4. The lowest BCUT2D eigenvalue weighted by atomic mass is 10.1. The number of ether oxygens (including phenoxy) is 2. The Bertz CT molecular complexity index is 1220. The Labute approximate surface area is 185 Å². The minimum absolute atomic E-state index is 0.158. The lowest BCUT2D eigenvalue weighted by molar-refractivity contribution is -0.115. The molecule has 0 spiro atoms. The molecule has 0 radical (unpaired) electrons. The number of hydrogen-bond donors (Lipinski definition) is 1. The highest BCUT2D eigenvalue weighted by molar-refractivity contribution is 7.14. The highest BCUT2D eigenvalue weighted by Crippen LogP contribution is 2.36. The summed E-state index contributed by atoms with van der Waals surface area (Å²) in [5, 5.41) is 8.72. The van der Waals surface area contributed by atoms with Gasteiger partial charge in [-0.1, -0.05) is 23.7 Å². The number of aromatic nitrogens is 2. The van der Waals surface area contributed by atoms with Gasteiger partial charge in [0.15, 0.2) is 16.6 Å². The Balaban J connectivity index is 1.24. The van der Waals surface area contributed by atoms with Crippen molar-refractivity contribution in [3.05, 3.63) is 63.9 Å². The number of nitrogens with zero attached hydrogens (tertiary/aromatic N) is 2. The van der Waals surface area contributed by atoms with E-state index in [0.717, 1.165) is 33.3 Å². The average molecular weight is 456 g/mol. The summed E-state index contributed by atoms with van der Waals surface area (Å²) in [4.78, 5) is 21.5. The van der Waals surface area contributed by atoms with Gasteiger partial charge in [-0.2, -0.15) is 0 Å². The second kappa shape index (κ2) is 8.06. The molecule has 9 heteroatoms. The molecular weight excluding hydrogens is 442 g/mol. The first-order valence-corrected chi connectivity index (χ1v) is 11.1. The van der Waals surface area contributed by atoms with Crippen LogP contribution < -0.4 is 14.8 Å². The number of thiazole rings is 2. The molecule has 4 aromatic rings. The Morgan fingerprint density at radius 1 is 1.00 bits per heavy atom. The molecule has 0 unspecified atom stereocenters. The zero-order valence-electron chi connectivity index (χ0n) is 15.4. The summed E-state index contributed by atoms with van der Waals surface area (Å²) < 4.78 is 10.7. The van der Waals surface area contributed by atoms with Crippen molar-refractivity contribution >= 4 is 45.3 Å². The molecule has 1 N–H and O–H groups in total. The van der Waals surface area contributed by atoms with E-state index in [9.17, 15) is 4.79 Å². The van der Waals surface area contributed by atoms with Gasteiger partial charge in [0.2, 0.25) is 12.7 Å². The molecule has 2 aromatic heterocycles. The fourth-order valence-electron chi connectivity index (χ4n) is 2.96. The number of fused-ring (bicyclic) bond motifs is 1. The zero-order valence-corrected chi connectivity index (χ0v) is 17.8. The number of anilines is 1. The fraction of sp³-hybridized carbons (Fsp3) is 0.0952. The van der Waals surface area contributed by atoms with E-state index in [1.54, 1.807) is 0 Å². The van der Waals surface area contributed by atoms with E-state index in [-0.39, 0.29) is 19.1 Å². The third-order valence-corrected chi connectivity index (χ3v) is 6.35. The third-order valence-electron chi connectivity index (χ3n) is 4.40. The molecule has 3 heterocycles. The van der Waals surface area contributed by atoms with Gasteiger partial charge in [-0.05, 0) is 30.3 Å². The van der Waals surface area contributed by atoms with Gasteiger partial charge in [0.05, 0.1) is 17.8 Å². The Kier molecular flexibility index (Phi) is 5.12. The minimum atomic E-state index is -0.158. The van der Waals surface area contributed by atoms with Crippen molar-refractivity contribution in [1.29, 1.82) is 0 Å². The molecule has 0 fully saturated rings. The van der Waals surface area contributed by atoms with E-state index >= 15 is 0 Å². The van der Waals surface area contributed by atoms with Crippen molar-refractivity contribution in [2.75, 3.05) is 12.1 Å². The maximum Gasteiger partial charge on any atom is 0.232 e. The summed E-state index contributed by atoms with van der Waals surface area (Å²) in [5.74, 6) is 1.27. The number of hydrogen-bond acceptors (Lipinski definition) is 7. The number of nitrogens with one attached hydrogen (secondary N) is 1. The van der Waals surface area contributed by atoms with E-state index in [1.807, 2.05) is 53.2 Å². The molecule has 0 aliphatic carbocycles. The summed E-state index contributed by atoms with van der Waals surface area (Å²) in [6, 6.07) is 13.1. The van der Waals surface area contributed by atoms with Crippen LogP contribution in [0.1, 0.15) is 5.69 Å². The van der Waals surface area contributed by atoms with Crippen LogP contribution in [-0.4, -0.2) is 22.7 Å². The van der Waals surface area contributed by atoms with Gasteiger partial charge in [-0.15, -0.1) is 22.7 Å². The molecule has 0 saturated carbocycles. The highest BCUT2D eigenvalue weighted by atomic mass is 35.5. The van der Waals surface area contributed by atoms with Gasteiger partial charge in [-0.25, -0.2) is 9.97 Å². The van der Waals surface area contributed by atoms with Gasteiger partial charge in [0.25, 0.3) is 0 Å². The predicted octanol–water partition coefficient (Wildman–Crippen LogP) is 5.50. The first-order valence-electron chi connectivity index (χ1n) is 9.00. The normalized spacial score (nSPS) is 12.2. The molecule has 0 atom stereocenters. The van der Waals surface area contributed by atoms with Crippen LogP contribution in [0.5, 0.6) is 11.5 Å². The summed E-state index contributed by atoms with van der Waals surface area (Å²) in [6.07, 6.45) is 0.184. The molecule has 0 saturated heterocycles. The van der Waals surface area contributed by atoms with Crippen LogP contribution in [0.2, 0.25) is 5.02 Å². The van der Waals surface area contributed by atoms with Crippen LogP contribution in [-0.2, 0) is 11.2 Å². The first kappa shape index (κ1) is 19.0. The van der Waals surface area contributed by atoms with Gasteiger partial charge in [0.1, 0.15) is 5.01 Å². The lowest BCUT2D eigenvalue weighted by Crippen LogP contribution is -2.14. The number of amides is 1. The van der Waals surface area contributed by atoms with Gasteiger partial charge >= 0.3 is 0 Å². The van der Waals surface area contributed by atoms with Crippen LogP contribution >= 0.6 is 34.3 Å².